The summed E-state index contributed by atoms with van der Waals surface area (Å²) in [4.78, 5) is 16.2. The minimum Gasteiger partial charge on any atom is -0.330 e. The van der Waals surface area contributed by atoms with Crippen molar-refractivity contribution in [3.63, 3.8) is 0 Å². The number of benzene rings is 1. The second-order valence-corrected chi connectivity index (χ2v) is 5.26. The molecule has 3 nitrogen and oxygen atoms in total. The summed E-state index contributed by atoms with van der Waals surface area (Å²) in [7, 11) is 0. The Morgan fingerprint density at radius 2 is 1.89 bits per heavy atom. The number of hydrogen-bond acceptors (Lipinski definition) is 3. The van der Waals surface area contributed by atoms with Gasteiger partial charge in [0.2, 0.25) is 0 Å². The van der Waals surface area contributed by atoms with E-state index in [1.165, 1.54) is 0 Å². The number of carbonyl (C=O) groups excluding carboxylic acids is 1. The Hall–Kier alpha value is -1.52. The number of aromatic nitrogens is 1. The van der Waals surface area contributed by atoms with E-state index >= 15 is 0 Å². The van der Waals surface area contributed by atoms with Gasteiger partial charge in [0.15, 0.2) is 5.78 Å². The quantitative estimate of drug-likeness (QED) is 0.862. The summed E-state index contributed by atoms with van der Waals surface area (Å²) in [5.41, 5.74) is 8.28. The first-order chi connectivity index (χ1) is 9.19. The van der Waals surface area contributed by atoms with Gasteiger partial charge in [-0.1, -0.05) is 24.3 Å². The standard InChI is InChI=1S/C15H15BrN2O/c16-14-7-12(9-18-10-14)8-15(19)13-3-1-11(2-4-13)5-6-17/h1-4,7,9-10H,5-6,8,17H2. The molecule has 0 saturated heterocycles. The molecule has 19 heavy (non-hydrogen) atoms. The predicted octanol–water partition coefficient (Wildman–Crippen LogP) is 2.77. The van der Waals surface area contributed by atoms with Crippen molar-refractivity contribution in [2.45, 2.75) is 12.8 Å². The van der Waals surface area contributed by atoms with Crippen LogP contribution in [0.1, 0.15) is 21.5 Å². The molecule has 0 amide bonds. The topological polar surface area (TPSA) is 56.0 Å². The van der Waals surface area contributed by atoms with E-state index < -0.39 is 0 Å². The maximum atomic E-state index is 12.1. The van der Waals surface area contributed by atoms with E-state index in [1.54, 1.807) is 12.4 Å². The molecule has 4 heteroatoms. The smallest absolute Gasteiger partial charge is 0.167 e. The van der Waals surface area contributed by atoms with Gasteiger partial charge in [-0.2, -0.15) is 0 Å². The van der Waals surface area contributed by atoms with Crippen LogP contribution in [-0.4, -0.2) is 17.3 Å². The summed E-state index contributed by atoms with van der Waals surface area (Å²) in [6.07, 6.45) is 4.62. The number of hydrogen-bond donors (Lipinski definition) is 1. The van der Waals surface area contributed by atoms with Crippen LogP contribution in [0.4, 0.5) is 0 Å². The van der Waals surface area contributed by atoms with E-state index in [9.17, 15) is 4.79 Å². The Morgan fingerprint density at radius 1 is 1.16 bits per heavy atom. The average molecular weight is 319 g/mol. The first kappa shape index (κ1) is 13.9. The van der Waals surface area contributed by atoms with Gasteiger partial charge in [0.25, 0.3) is 0 Å². The SMILES string of the molecule is NCCc1ccc(C(=O)Cc2cncc(Br)c2)cc1. The molecule has 2 aromatic rings. The van der Waals surface area contributed by atoms with Gasteiger partial charge >= 0.3 is 0 Å². The van der Waals surface area contributed by atoms with Crippen molar-refractivity contribution in [3.8, 4) is 0 Å². The van der Waals surface area contributed by atoms with Gasteiger partial charge < -0.3 is 5.73 Å². The molecule has 0 atom stereocenters. The zero-order valence-electron chi connectivity index (χ0n) is 10.5. The highest BCUT2D eigenvalue weighted by molar-refractivity contribution is 9.10. The third-order valence-corrected chi connectivity index (χ3v) is 3.27. The summed E-state index contributed by atoms with van der Waals surface area (Å²) < 4.78 is 0.885. The van der Waals surface area contributed by atoms with Gasteiger partial charge in [-0.15, -0.1) is 0 Å². The molecule has 0 aliphatic rings. The van der Waals surface area contributed by atoms with Gasteiger partial charge in [0, 0.05) is 28.9 Å². The number of carbonyl (C=O) groups is 1. The second-order valence-electron chi connectivity index (χ2n) is 4.35. The minimum atomic E-state index is 0.0965. The molecule has 0 aliphatic carbocycles. The van der Waals surface area contributed by atoms with E-state index in [0.717, 1.165) is 27.6 Å². The molecule has 0 spiro atoms. The lowest BCUT2D eigenvalue weighted by Gasteiger charge is -2.03. The van der Waals surface area contributed by atoms with E-state index in [0.29, 0.717) is 13.0 Å². The van der Waals surface area contributed by atoms with Crippen molar-refractivity contribution in [2.24, 2.45) is 5.73 Å². The average Bonchev–Trinajstić information content (AvgIpc) is 2.40. The third kappa shape index (κ3) is 3.98. The maximum absolute atomic E-state index is 12.1. The van der Waals surface area contributed by atoms with E-state index in [-0.39, 0.29) is 5.78 Å². The number of pyridine rings is 1. The second kappa shape index (κ2) is 6.59. The lowest BCUT2D eigenvalue weighted by atomic mass is 10.0. The molecule has 1 aromatic carbocycles. The highest BCUT2D eigenvalue weighted by atomic mass is 79.9. The minimum absolute atomic E-state index is 0.0965. The fraction of sp³-hybridized carbons (Fsp3) is 0.200. The van der Waals surface area contributed by atoms with Crippen LogP contribution in [0.25, 0.3) is 0 Å². The fourth-order valence-corrected chi connectivity index (χ4v) is 2.28. The number of halogens is 1. The van der Waals surface area contributed by atoms with Crippen LogP contribution in [0, 0.1) is 0 Å². The molecular formula is C15H15BrN2O. The van der Waals surface area contributed by atoms with Gasteiger partial charge in [0.05, 0.1) is 0 Å². The Morgan fingerprint density at radius 3 is 2.53 bits per heavy atom. The monoisotopic (exact) mass is 318 g/mol. The Bertz CT molecular complexity index is 567. The number of ketones is 1. The molecule has 0 bridgehead atoms. The Balaban J connectivity index is 2.07. The number of nitrogens with two attached hydrogens (primary N) is 1. The molecule has 0 fully saturated rings. The van der Waals surface area contributed by atoms with Crippen LogP contribution < -0.4 is 5.73 Å². The van der Waals surface area contributed by atoms with Crippen LogP contribution in [0.15, 0.2) is 47.2 Å². The van der Waals surface area contributed by atoms with Crippen molar-refractivity contribution in [3.05, 3.63) is 63.9 Å². The summed E-state index contributed by atoms with van der Waals surface area (Å²) in [6.45, 7) is 0.622. The van der Waals surface area contributed by atoms with E-state index in [4.69, 9.17) is 5.73 Å². The van der Waals surface area contributed by atoms with Crippen molar-refractivity contribution >= 4 is 21.7 Å². The first-order valence-electron chi connectivity index (χ1n) is 6.10. The normalized spacial score (nSPS) is 10.4. The van der Waals surface area contributed by atoms with Crippen molar-refractivity contribution < 1.29 is 4.79 Å². The third-order valence-electron chi connectivity index (χ3n) is 2.84. The number of nitrogens with zero attached hydrogens (tertiary/aromatic N) is 1. The molecule has 1 heterocycles. The van der Waals surface area contributed by atoms with E-state index in [1.807, 2.05) is 30.3 Å². The Labute approximate surface area is 121 Å². The lowest BCUT2D eigenvalue weighted by molar-refractivity contribution is 0.0993. The van der Waals surface area contributed by atoms with Crippen LogP contribution in [0.5, 0.6) is 0 Å². The van der Waals surface area contributed by atoms with Crippen LogP contribution >= 0.6 is 15.9 Å². The van der Waals surface area contributed by atoms with Gasteiger partial charge in [0.1, 0.15) is 0 Å². The van der Waals surface area contributed by atoms with Crippen LogP contribution in [0.3, 0.4) is 0 Å². The molecule has 0 unspecified atom stereocenters. The number of rotatable bonds is 5. The fourth-order valence-electron chi connectivity index (χ4n) is 1.86. The van der Waals surface area contributed by atoms with Crippen molar-refractivity contribution in [1.29, 1.82) is 0 Å². The molecule has 0 saturated carbocycles. The van der Waals surface area contributed by atoms with Crippen LogP contribution in [0.2, 0.25) is 0 Å². The molecular weight excluding hydrogens is 304 g/mol. The van der Waals surface area contributed by atoms with Gasteiger partial charge in [-0.3, -0.25) is 9.78 Å². The summed E-state index contributed by atoms with van der Waals surface area (Å²) in [5, 5.41) is 0. The number of Topliss-reactive ketones (excluding diaryl/α,β-unsaturated/α-hetero) is 1. The first-order valence-corrected chi connectivity index (χ1v) is 6.90. The van der Waals surface area contributed by atoms with Crippen molar-refractivity contribution in [1.82, 2.24) is 4.98 Å². The van der Waals surface area contributed by atoms with Crippen molar-refractivity contribution in [2.75, 3.05) is 6.54 Å². The summed E-state index contributed by atoms with van der Waals surface area (Å²) in [5.74, 6) is 0.0965. The Kier molecular flexibility index (Phi) is 4.82. The van der Waals surface area contributed by atoms with E-state index in [2.05, 4.69) is 20.9 Å². The van der Waals surface area contributed by atoms with Gasteiger partial charge in [-0.25, -0.2) is 0 Å². The highest BCUT2D eigenvalue weighted by Crippen LogP contribution is 2.13. The predicted molar refractivity (Wildman–Crippen MR) is 79.2 cm³/mol. The molecule has 0 radical (unpaired) electrons. The zero-order chi connectivity index (χ0) is 13.7. The summed E-state index contributed by atoms with van der Waals surface area (Å²) in [6, 6.07) is 9.55. The molecule has 98 valence electrons. The van der Waals surface area contributed by atoms with Crippen LogP contribution in [-0.2, 0) is 12.8 Å². The zero-order valence-corrected chi connectivity index (χ0v) is 12.1. The largest absolute Gasteiger partial charge is 0.330 e. The molecule has 2 N–H and O–H groups in total. The molecule has 2 rings (SSSR count). The maximum Gasteiger partial charge on any atom is 0.167 e. The highest BCUT2D eigenvalue weighted by Gasteiger charge is 2.07. The molecule has 0 aliphatic heterocycles. The lowest BCUT2D eigenvalue weighted by Crippen LogP contribution is -2.05. The van der Waals surface area contributed by atoms with Gasteiger partial charge in [-0.05, 0) is 46.1 Å². The molecule has 1 aromatic heterocycles. The summed E-state index contributed by atoms with van der Waals surface area (Å²) >= 11 is 3.35.